The molecule has 0 aliphatic heterocycles. The van der Waals surface area contributed by atoms with Gasteiger partial charge in [-0.25, -0.2) is 4.79 Å². The van der Waals surface area contributed by atoms with E-state index >= 15 is 0 Å². The second-order valence-corrected chi connectivity index (χ2v) is 5.92. The number of nitrogens with zero attached hydrogens (tertiary/aromatic N) is 1. The van der Waals surface area contributed by atoms with Crippen molar-refractivity contribution in [3.8, 4) is 0 Å². The molecule has 0 unspecified atom stereocenters. The highest BCUT2D eigenvalue weighted by atomic mass is 16.5. The van der Waals surface area contributed by atoms with Crippen LogP contribution in [0.5, 0.6) is 0 Å². The number of hydrogen-bond donors (Lipinski definition) is 0. The summed E-state index contributed by atoms with van der Waals surface area (Å²) < 4.78 is 5.85. The zero-order valence-electron chi connectivity index (χ0n) is 13.2. The Morgan fingerprint density at radius 3 is 2.48 bits per heavy atom. The van der Waals surface area contributed by atoms with Crippen molar-refractivity contribution in [2.45, 2.75) is 44.8 Å². The first-order valence-electron chi connectivity index (χ1n) is 7.71. The van der Waals surface area contributed by atoms with Gasteiger partial charge < -0.3 is 9.64 Å². The van der Waals surface area contributed by atoms with E-state index in [1.807, 2.05) is 50.5 Å². The third-order valence-electron chi connectivity index (χ3n) is 4.17. The lowest BCUT2D eigenvalue weighted by Gasteiger charge is -2.30. The van der Waals surface area contributed by atoms with E-state index in [0.717, 1.165) is 30.4 Å². The molecule has 1 aromatic carbocycles. The van der Waals surface area contributed by atoms with Crippen molar-refractivity contribution in [3.05, 3.63) is 47.5 Å². The Hall–Kier alpha value is -1.61. The fourth-order valence-corrected chi connectivity index (χ4v) is 2.57. The highest BCUT2D eigenvalue weighted by Gasteiger charge is 2.26. The summed E-state index contributed by atoms with van der Waals surface area (Å²) in [4.78, 5) is 14.5. The lowest BCUT2D eigenvalue weighted by atomic mass is 9.99. The first kappa shape index (κ1) is 15.8. The molecule has 0 saturated carbocycles. The lowest BCUT2D eigenvalue weighted by Crippen LogP contribution is -2.34. The zero-order chi connectivity index (χ0) is 15.2. The summed E-state index contributed by atoms with van der Waals surface area (Å²) >= 11 is 0. The minimum atomic E-state index is -0.239. The predicted octanol–water partition coefficient (Wildman–Crippen LogP) is 3.72. The summed E-state index contributed by atoms with van der Waals surface area (Å²) in [6.07, 6.45) is 5.89. The van der Waals surface area contributed by atoms with Gasteiger partial charge in [-0.15, -0.1) is 0 Å². The third-order valence-corrected chi connectivity index (χ3v) is 4.17. The number of benzene rings is 1. The van der Waals surface area contributed by atoms with E-state index in [1.54, 1.807) is 0 Å². The average molecular weight is 287 g/mol. The molecule has 2 rings (SSSR count). The summed E-state index contributed by atoms with van der Waals surface area (Å²) in [5.74, 6) is -0.155. The Kier molecular flexibility index (Phi) is 5.57. The van der Waals surface area contributed by atoms with Crippen LogP contribution in [0.3, 0.4) is 0 Å². The van der Waals surface area contributed by atoms with Crippen LogP contribution in [0.1, 0.15) is 44.3 Å². The summed E-state index contributed by atoms with van der Waals surface area (Å²) in [5, 5.41) is 0. The number of carbonyl (C=O) groups is 1. The van der Waals surface area contributed by atoms with Crippen LogP contribution in [0.2, 0.25) is 0 Å². The van der Waals surface area contributed by atoms with Crippen LogP contribution < -0.4 is 0 Å². The first-order valence-corrected chi connectivity index (χ1v) is 7.71. The number of rotatable bonds is 5. The van der Waals surface area contributed by atoms with E-state index in [0.29, 0.717) is 0 Å². The Bertz CT molecular complexity index is 493. The highest BCUT2D eigenvalue weighted by Crippen LogP contribution is 2.27. The maximum Gasteiger partial charge on any atom is 0.334 e. The number of carbonyl (C=O) groups excluding carboxylic acids is 1. The molecule has 0 spiro atoms. The molecule has 1 aliphatic carbocycles. The molecule has 0 heterocycles. The molecular formula is C18H25NO2. The van der Waals surface area contributed by atoms with Crippen LogP contribution in [0.4, 0.5) is 0 Å². The van der Waals surface area contributed by atoms with Crippen molar-refractivity contribution in [2.75, 3.05) is 14.1 Å². The fraction of sp³-hybridized carbons (Fsp3) is 0.500. The molecule has 0 fully saturated rings. The zero-order valence-corrected chi connectivity index (χ0v) is 13.2. The topological polar surface area (TPSA) is 29.5 Å². The molecule has 21 heavy (non-hydrogen) atoms. The van der Waals surface area contributed by atoms with E-state index < -0.39 is 0 Å². The van der Waals surface area contributed by atoms with Gasteiger partial charge in [-0.3, -0.25) is 0 Å². The number of esters is 1. The summed E-state index contributed by atoms with van der Waals surface area (Å²) in [6, 6.07) is 10.1. The number of hydrogen-bond acceptors (Lipinski definition) is 3. The van der Waals surface area contributed by atoms with Crippen LogP contribution in [-0.4, -0.2) is 31.0 Å². The Labute approximate surface area is 127 Å². The van der Waals surface area contributed by atoms with Crippen molar-refractivity contribution in [1.82, 2.24) is 4.90 Å². The molecule has 114 valence electrons. The summed E-state index contributed by atoms with van der Waals surface area (Å²) in [5.41, 5.74) is 1.89. The predicted molar refractivity (Wildman–Crippen MR) is 85.0 cm³/mol. The van der Waals surface area contributed by atoms with Crippen LogP contribution in [0, 0.1) is 0 Å². The van der Waals surface area contributed by atoms with Crippen molar-refractivity contribution in [1.29, 1.82) is 0 Å². The second kappa shape index (κ2) is 7.41. The van der Waals surface area contributed by atoms with Crippen LogP contribution >= 0.6 is 0 Å². The summed E-state index contributed by atoms with van der Waals surface area (Å²) in [6.45, 7) is 2.08. The maximum atomic E-state index is 12.4. The van der Waals surface area contributed by atoms with Crippen LogP contribution in [0.15, 0.2) is 42.0 Å². The largest absolute Gasteiger partial charge is 0.452 e. The minimum Gasteiger partial charge on any atom is -0.452 e. The maximum absolute atomic E-state index is 12.4. The van der Waals surface area contributed by atoms with Crippen molar-refractivity contribution in [2.24, 2.45) is 0 Å². The van der Waals surface area contributed by atoms with E-state index in [-0.39, 0.29) is 18.1 Å². The average Bonchev–Trinajstić information content (AvgIpc) is 2.53. The van der Waals surface area contributed by atoms with E-state index in [9.17, 15) is 4.79 Å². The molecule has 3 heteroatoms. The second-order valence-electron chi connectivity index (χ2n) is 5.92. The smallest absolute Gasteiger partial charge is 0.334 e. The van der Waals surface area contributed by atoms with Gasteiger partial charge in [0.2, 0.25) is 0 Å². The SMILES string of the molecule is C[C@H]([C@@H](OC(=O)C1=CCCCC1)c1ccccc1)N(C)C. The van der Waals surface area contributed by atoms with E-state index in [1.165, 1.54) is 6.42 Å². The third kappa shape index (κ3) is 4.18. The van der Waals surface area contributed by atoms with E-state index in [4.69, 9.17) is 4.74 Å². The molecule has 1 aliphatic rings. The summed E-state index contributed by atoms with van der Waals surface area (Å²) in [7, 11) is 4.02. The molecule has 0 saturated heterocycles. The normalized spacial score (nSPS) is 18.0. The molecular weight excluding hydrogens is 262 g/mol. The monoisotopic (exact) mass is 287 g/mol. The molecule has 0 N–H and O–H groups in total. The Balaban J connectivity index is 2.16. The van der Waals surface area contributed by atoms with Crippen molar-refractivity contribution in [3.63, 3.8) is 0 Å². The lowest BCUT2D eigenvalue weighted by molar-refractivity contribution is -0.147. The van der Waals surface area contributed by atoms with Gasteiger partial charge in [0.25, 0.3) is 0 Å². The number of allylic oxidation sites excluding steroid dienone is 1. The molecule has 1 aromatic rings. The van der Waals surface area contributed by atoms with Gasteiger partial charge in [0, 0.05) is 11.6 Å². The fourth-order valence-electron chi connectivity index (χ4n) is 2.57. The Morgan fingerprint density at radius 2 is 1.90 bits per heavy atom. The first-order chi connectivity index (χ1) is 10.1. The van der Waals surface area contributed by atoms with Crippen LogP contribution in [0.25, 0.3) is 0 Å². The highest BCUT2D eigenvalue weighted by molar-refractivity contribution is 5.88. The van der Waals surface area contributed by atoms with Gasteiger partial charge in [-0.1, -0.05) is 36.4 Å². The van der Waals surface area contributed by atoms with Gasteiger partial charge in [0.15, 0.2) is 0 Å². The van der Waals surface area contributed by atoms with Gasteiger partial charge in [-0.05, 0) is 52.3 Å². The van der Waals surface area contributed by atoms with Crippen LogP contribution in [-0.2, 0) is 9.53 Å². The van der Waals surface area contributed by atoms with Gasteiger partial charge in [0.1, 0.15) is 6.10 Å². The standard InChI is InChI=1S/C18H25NO2/c1-14(19(2)3)17(15-10-6-4-7-11-15)21-18(20)16-12-8-5-9-13-16/h4,6-7,10-12,14,17H,5,8-9,13H2,1-3H3/t14-,17-/m1/s1. The van der Waals surface area contributed by atoms with Crippen molar-refractivity contribution < 1.29 is 9.53 Å². The van der Waals surface area contributed by atoms with E-state index in [2.05, 4.69) is 11.8 Å². The number of ether oxygens (including phenoxy) is 1. The van der Waals surface area contributed by atoms with Crippen molar-refractivity contribution >= 4 is 5.97 Å². The minimum absolute atomic E-state index is 0.126. The molecule has 0 radical (unpaired) electrons. The Morgan fingerprint density at radius 1 is 1.19 bits per heavy atom. The molecule has 2 atom stereocenters. The molecule has 0 amide bonds. The quantitative estimate of drug-likeness (QED) is 0.773. The van der Waals surface area contributed by atoms with Gasteiger partial charge in [-0.2, -0.15) is 0 Å². The van der Waals surface area contributed by atoms with Gasteiger partial charge >= 0.3 is 5.97 Å². The number of likely N-dealkylation sites (N-methyl/N-ethyl adjacent to an activating group) is 1. The molecule has 3 nitrogen and oxygen atoms in total. The molecule has 0 bridgehead atoms. The molecule has 0 aromatic heterocycles. The van der Waals surface area contributed by atoms with Gasteiger partial charge in [0.05, 0.1) is 0 Å².